The maximum atomic E-state index is 3.48. The predicted octanol–water partition coefficient (Wildman–Crippen LogP) is 5.79. The number of hydrogen-bond acceptors (Lipinski definition) is 2. The molecule has 0 unspecified atom stereocenters. The number of anilines is 2. The summed E-state index contributed by atoms with van der Waals surface area (Å²) in [6.07, 6.45) is 0. The zero-order chi connectivity index (χ0) is 16.9. The van der Waals surface area contributed by atoms with Gasteiger partial charge in [0, 0.05) is 6.54 Å². The molecule has 0 heterocycles. The Hall–Kier alpha value is -3.00. The maximum absolute atomic E-state index is 3.48. The fourth-order valence-corrected chi connectivity index (χ4v) is 2.12. The zero-order valence-electron chi connectivity index (χ0n) is 14.0. The van der Waals surface area contributed by atoms with Crippen LogP contribution in [0.4, 0.5) is 11.4 Å². The average molecular weight is 316 g/mol. The molecule has 0 radical (unpaired) electrons. The molecule has 2 heteroatoms. The third-order valence-electron chi connectivity index (χ3n) is 3.31. The molecule has 0 aromatic heterocycles. The van der Waals surface area contributed by atoms with Crippen LogP contribution in [0.1, 0.15) is 6.92 Å². The fraction of sp³-hybridized carbons (Fsp3) is 0.0909. The van der Waals surface area contributed by atoms with Gasteiger partial charge >= 0.3 is 0 Å². The molecule has 0 spiro atoms. The van der Waals surface area contributed by atoms with Gasteiger partial charge in [0.2, 0.25) is 0 Å². The lowest BCUT2D eigenvalue weighted by molar-refractivity contribution is 0.949. The molecule has 2 aromatic rings. The Bertz CT molecular complexity index is 675. The number of hydrazine groups is 1. The molecule has 0 aliphatic heterocycles. The summed E-state index contributed by atoms with van der Waals surface area (Å²) >= 11 is 0. The molecule has 0 aliphatic rings. The van der Waals surface area contributed by atoms with Gasteiger partial charge in [-0.05, 0) is 31.2 Å². The van der Waals surface area contributed by atoms with Crippen LogP contribution < -0.4 is 10.4 Å². The van der Waals surface area contributed by atoms with Crippen LogP contribution in [0.5, 0.6) is 0 Å². The van der Waals surface area contributed by atoms with Crippen molar-refractivity contribution < 1.29 is 0 Å². The van der Waals surface area contributed by atoms with Gasteiger partial charge in [-0.15, -0.1) is 0 Å². The molecule has 2 rings (SSSR count). The van der Waals surface area contributed by atoms with Crippen LogP contribution in [0.15, 0.2) is 109 Å². The van der Waals surface area contributed by atoms with E-state index in [1.54, 1.807) is 0 Å². The first-order valence-electron chi connectivity index (χ1n) is 8.21. The molecular formula is C22H24N2. The number of hydrogen-bond donors (Lipinski definition) is 1. The van der Waals surface area contributed by atoms with E-state index in [2.05, 4.69) is 41.6 Å². The highest BCUT2D eigenvalue weighted by Gasteiger charge is 2.01. The lowest BCUT2D eigenvalue weighted by Gasteiger charge is -2.24. The van der Waals surface area contributed by atoms with Gasteiger partial charge < -0.3 is 0 Å². The van der Waals surface area contributed by atoms with Gasteiger partial charge in [0.15, 0.2) is 0 Å². The molecule has 0 saturated carbocycles. The van der Waals surface area contributed by atoms with Crippen LogP contribution in [0.2, 0.25) is 0 Å². The minimum Gasteiger partial charge on any atom is -0.298 e. The number of nitrogens with zero attached hydrogens (tertiary/aromatic N) is 1. The summed E-state index contributed by atoms with van der Waals surface area (Å²) in [6.45, 7) is 2.97. The Balaban J connectivity index is 2.33. The fourth-order valence-electron chi connectivity index (χ4n) is 2.12. The lowest BCUT2D eigenvalue weighted by atomic mass is 10.3. The van der Waals surface area contributed by atoms with Gasteiger partial charge in [0.1, 0.15) is 0 Å². The molecule has 0 bridgehead atoms. The Kier molecular flexibility index (Phi) is 7.72. The molecule has 0 fully saturated rings. The second kappa shape index (κ2) is 10.7. The van der Waals surface area contributed by atoms with E-state index < -0.39 is 0 Å². The van der Waals surface area contributed by atoms with Gasteiger partial charge in [0.05, 0.1) is 11.4 Å². The number of nitrogens with one attached hydrogen (secondary N) is 1. The highest BCUT2D eigenvalue weighted by Crippen LogP contribution is 2.13. The van der Waals surface area contributed by atoms with Crippen molar-refractivity contribution in [3.05, 3.63) is 109 Å². The molecular weight excluding hydrogens is 292 g/mol. The first kappa shape index (κ1) is 17.4. The molecule has 0 amide bonds. The van der Waals surface area contributed by atoms with Crippen molar-refractivity contribution in [3.63, 3.8) is 0 Å². The van der Waals surface area contributed by atoms with Crippen LogP contribution in [-0.2, 0) is 0 Å². The van der Waals surface area contributed by atoms with Crippen LogP contribution in [0.3, 0.4) is 0 Å². The Labute approximate surface area is 145 Å². The summed E-state index contributed by atoms with van der Waals surface area (Å²) in [7, 11) is 0. The largest absolute Gasteiger partial charge is 0.298 e. The quantitative estimate of drug-likeness (QED) is 0.718. The zero-order valence-corrected chi connectivity index (χ0v) is 14.0. The summed E-state index contributed by atoms with van der Waals surface area (Å²) in [5.74, 6) is 0. The van der Waals surface area contributed by atoms with E-state index in [1.807, 2.05) is 84.9 Å². The third-order valence-corrected chi connectivity index (χ3v) is 3.31. The second-order valence-corrected chi connectivity index (χ2v) is 5.10. The summed E-state index contributed by atoms with van der Waals surface area (Å²) in [5.41, 5.74) is 5.60. The van der Waals surface area contributed by atoms with Crippen molar-refractivity contribution in [2.75, 3.05) is 17.0 Å². The van der Waals surface area contributed by atoms with Crippen molar-refractivity contribution >= 4 is 11.4 Å². The van der Waals surface area contributed by atoms with Crippen molar-refractivity contribution in [1.82, 2.24) is 0 Å². The van der Waals surface area contributed by atoms with E-state index in [9.17, 15) is 0 Å². The summed E-state index contributed by atoms with van der Waals surface area (Å²) in [5, 5.41) is 2.12. The molecule has 2 nitrogen and oxygen atoms in total. The Morgan fingerprint density at radius 2 is 0.958 bits per heavy atom. The van der Waals surface area contributed by atoms with Crippen molar-refractivity contribution in [2.45, 2.75) is 6.92 Å². The Morgan fingerprint density at radius 3 is 1.38 bits per heavy atom. The standard InChI is InChI=1S/C22H24N2/c1-2-24(22-19-15-11-7-4-8-12-16-20-22)23-21-17-13-9-5-3-6-10-14-18-21/h3-20,23H,2H2,1H3. The van der Waals surface area contributed by atoms with Crippen molar-refractivity contribution in [2.24, 2.45) is 0 Å². The third kappa shape index (κ3) is 6.41. The molecule has 0 saturated heterocycles. The van der Waals surface area contributed by atoms with E-state index >= 15 is 0 Å². The highest BCUT2D eigenvalue weighted by atomic mass is 15.5. The SMILES string of the molecule is CCN(Nc1ccccccccc1)c1ccccccccc1. The van der Waals surface area contributed by atoms with E-state index in [0.29, 0.717) is 0 Å². The van der Waals surface area contributed by atoms with Crippen LogP contribution in [0.25, 0.3) is 0 Å². The average Bonchev–Trinajstić information content (AvgIpc) is 2.62. The first-order chi connectivity index (χ1) is 11.9. The maximum Gasteiger partial charge on any atom is 0.0571 e. The topological polar surface area (TPSA) is 15.3 Å². The second-order valence-electron chi connectivity index (χ2n) is 5.10. The van der Waals surface area contributed by atoms with E-state index in [1.165, 1.54) is 0 Å². The molecule has 0 atom stereocenters. The smallest absolute Gasteiger partial charge is 0.0571 e. The van der Waals surface area contributed by atoms with Crippen LogP contribution in [0, 0.1) is 0 Å². The van der Waals surface area contributed by atoms with Crippen molar-refractivity contribution in [1.29, 1.82) is 0 Å². The molecule has 24 heavy (non-hydrogen) atoms. The van der Waals surface area contributed by atoms with Gasteiger partial charge in [-0.25, -0.2) is 0 Å². The van der Waals surface area contributed by atoms with Gasteiger partial charge in [-0.2, -0.15) is 0 Å². The van der Waals surface area contributed by atoms with Crippen LogP contribution >= 0.6 is 0 Å². The number of rotatable bonds is 4. The minimum absolute atomic E-state index is 0.841. The van der Waals surface area contributed by atoms with Gasteiger partial charge in [-0.1, -0.05) is 84.9 Å². The monoisotopic (exact) mass is 316 g/mol. The Morgan fingerprint density at radius 1 is 0.583 bits per heavy atom. The van der Waals surface area contributed by atoms with Gasteiger partial charge in [0.25, 0.3) is 0 Å². The normalized spacial score (nSPS) is 9.21. The van der Waals surface area contributed by atoms with E-state index in [0.717, 1.165) is 17.9 Å². The first-order valence-corrected chi connectivity index (χ1v) is 8.21. The molecule has 122 valence electrons. The molecule has 1 N–H and O–H groups in total. The summed E-state index contributed by atoms with van der Waals surface area (Å²) in [6, 6.07) is 36.6. The van der Waals surface area contributed by atoms with Gasteiger partial charge in [-0.3, -0.25) is 10.4 Å². The molecule has 2 aromatic carbocycles. The molecule has 0 aliphatic carbocycles. The summed E-state index contributed by atoms with van der Waals surface area (Å²) in [4.78, 5) is 0. The minimum atomic E-state index is 0.841. The lowest BCUT2D eigenvalue weighted by Crippen LogP contribution is -2.29. The van der Waals surface area contributed by atoms with E-state index in [4.69, 9.17) is 0 Å². The van der Waals surface area contributed by atoms with E-state index in [-0.39, 0.29) is 0 Å². The van der Waals surface area contributed by atoms with Crippen LogP contribution in [-0.4, -0.2) is 6.54 Å². The van der Waals surface area contributed by atoms with Crippen molar-refractivity contribution in [3.8, 4) is 0 Å². The summed E-state index contributed by atoms with van der Waals surface area (Å²) < 4.78 is 0. The highest BCUT2D eigenvalue weighted by molar-refractivity contribution is 5.53. The predicted molar refractivity (Wildman–Crippen MR) is 105 cm³/mol.